The van der Waals surface area contributed by atoms with Gasteiger partial charge in [-0.15, -0.1) is 0 Å². The fourth-order valence-corrected chi connectivity index (χ4v) is 1.35. The highest BCUT2D eigenvalue weighted by Crippen LogP contribution is 2.16. The summed E-state index contributed by atoms with van der Waals surface area (Å²) in [6, 6.07) is 8.30. The van der Waals surface area contributed by atoms with Gasteiger partial charge in [0.15, 0.2) is 0 Å². The van der Waals surface area contributed by atoms with E-state index in [1.165, 1.54) is 11.1 Å². The molecule has 0 saturated heterocycles. The van der Waals surface area contributed by atoms with Gasteiger partial charge in [-0.1, -0.05) is 24.3 Å². The van der Waals surface area contributed by atoms with Crippen LogP contribution in [0.4, 0.5) is 0 Å². The van der Waals surface area contributed by atoms with Crippen LogP contribution in [-0.2, 0) is 6.54 Å². The Morgan fingerprint density at radius 2 is 2.18 bits per heavy atom. The first-order valence-corrected chi connectivity index (χ1v) is 3.72. The van der Waals surface area contributed by atoms with Crippen LogP contribution in [0.1, 0.15) is 11.1 Å². The summed E-state index contributed by atoms with van der Waals surface area (Å²) in [5, 5.41) is 3.07. The summed E-state index contributed by atoms with van der Waals surface area (Å²) in [7, 11) is 1.90. The summed E-state index contributed by atoms with van der Waals surface area (Å²) in [5.74, 6) is 1.01. The number of nitrogens with one attached hydrogen (secondary N) is 1. The van der Waals surface area contributed by atoms with Crippen molar-refractivity contribution < 1.29 is 0 Å². The van der Waals surface area contributed by atoms with Crippen LogP contribution >= 0.6 is 0 Å². The van der Waals surface area contributed by atoms with Crippen molar-refractivity contribution in [3.05, 3.63) is 35.4 Å². The van der Waals surface area contributed by atoms with E-state index in [1.807, 2.05) is 19.2 Å². The standard InChI is InChI=1S/C9H10N2/c1-10-9-8-5-3-2-4-7(8)6-11-9/h2-5H,6H2,1H3,(H,10,11). The van der Waals surface area contributed by atoms with E-state index in [4.69, 9.17) is 0 Å². The maximum absolute atomic E-state index is 4.33. The minimum absolute atomic E-state index is 0.826. The number of fused-ring (bicyclic) bond motifs is 1. The minimum Gasteiger partial charge on any atom is -0.373 e. The smallest absolute Gasteiger partial charge is 0.128 e. The zero-order chi connectivity index (χ0) is 7.68. The van der Waals surface area contributed by atoms with E-state index in [0.717, 1.165) is 12.4 Å². The van der Waals surface area contributed by atoms with E-state index in [2.05, 4.69) is 22.4 Å². The number of rotatable bonds is 0. The molecule has 2 rings (SSSR count). The molecule has 1 heterocycles. The van der Waals surface area contributed by atoms with Gasteiger partial charge in [-0.25, -0.2) is 0 Å². The minimum atomic E-state index is 0.826. The number of aliphatic imine (C=N–C) groups is 1. The second kappa shape index (κ2) is 2.38. The summed E-state index contributed by atoms with van der Waals surface area (Å²) in [5.41, 5.74) is 2.56. The molecule has 0 spiro atoms. The van der Waals surface area contributed by atoms with Crippen LogP contribution in [0.3, 0.4) is 0 Å². The number of benzene rings is 1. The number of nitrogens with zero attached hydrogens (tertiary/aromatic N) is 1. The molecule has 1 aromatic carbocycles. The molecule has 2 nitrogen and oxygen atoms in total. The van der Waals surface area contributed by atoms with E-state index in [0.29, 0.717) is 0 Å². The highest BCUT2D eigenvalue weighted by atomic mass is 15.0. The molecule has 2 heteroatoms. The van der Waals surface area contributed by atoms with Crippen molar-refractivity contribution in [3.63, 3.8) is 0 Å². The number of hydrogen-bond donors (Lipinski definition) is 1. The normalized spacial score (nSPS) is 14.1. The van der Waals surface area contributed by atoms with Crippen LogP contribution < -0.4 is 5.32 Å². The first kappa shape index (κ1) is 6.40. The van der Waals surface area contributed by atoms with E-state index < -0.39 is 0 Å². The van der Waals surface area contributed by atoms with Crippen LogP contribution in [-0.4, -0.2) is 12.9 Å². The summed E-state index contributed by atoms with van der Waals surface area (Å²) in [6.07, 6.45) is 0. The Balaban J connectivity index is 2.48. The van der Waals surface area contributed by atoms with Gasteiger partial charge in [-0.3, -0.25) is 4.99 Å². The molecule has 0 atom stereocenters. The van der Waals surface area contributed by atoms with Gasteiger partial charge >= 0.3 is 0 Å². The number of amidine groups is 1. The molecule has 0 unspecified atom stereocenters. The predicted molar refractivity (Wildman–Crippen MR) is 45.7 cm³/mol. The molecule has 1 aliphatic heterocycles. The average molecular weight is 146 g/mol. The van der Waals surface area contributed by atoms with Gasteiger partial charge in [0.25, 0.3) is 0 Å². The van der Waals surface area contributed by atoms with E-state index in [-0.39, 0.29) is 0 Å². The molecule has 0 amide bonds. The predicted octanol–water partition coefficient (Wildman–Crippen LogP) is 1.17. The molecule has 0 bridgehead atoms. The van der Waals surface area contributed by atoms with Crippen molar-refractivity contribution in [2.75, 3.05) is 7.05 Å². The fourth-order valence-electron chi connectivity index (χ4n) is 1.35. The summed E-state index contributed by atoms with van der Waals surface area (Å²) < 4.78 is 0. The summed E-state index contributed by atoms with van der Waals surface area (Å²) in [6.45, 7) is 0.826. The first-order chi connectivity index (χ1) is 5.42. The quantitative estimate of drug-likeness (QED) is 0.583. The second-order valence-electron chi connectivity index (χ2n) is 2.57. The van der Waals surface area contributed by atoms with Crippen LogP contribution in [0.5, 0.6) is 0 Å². The van der Waals surface area contributed by atoms with E-state index in [1.54, 1.807) is 0 Å². The highest BCUT2D eigenvalue weighted by molar-refractivity contribution is 6.01. The van der Waals surface area contributed by atoms with Crippen molar-refractivity contribution in [1.29, 1.82) is 0 Å². The summed E-state index contributed by atoms with van der Waals surface area (Å²) >= 11 is 0. The molecule has 1 aliphatic rings. The zero-order valence-electron chi connectivity index (χ0n) is 6.46. The molecular weight excluding hydrogens is 136 g/mol. The van der Waals surface area contributed by atoms with Gasteiger partial charge in [0.1, 0.15) is 5.84 Å². The van der Waals surface area contributed by atoms with E-state index in [9.17, 15) is 0 Å². The SMILES string of the molecule is CNC1=NCc2ccccc21. The highest BCUT2D eigenvalue weighted by Gasteiger charge is 2.11. The zero-order valence-corrected chi connectivity index (χ0v) is 6.46. The fraction of sp³-hybridized carbons (Fsp3) is 0.222. The van der Waals surface area contributed by atoms with Crippen LogP contribution in [0, 0.1) is 0 Å². The Hall–Kier alpha value is -1.31. The lowest BCUT2D eigenvalue weighted by atomic mass is 10.1. The third-order valence-corrected chi connectivity index (χ3v) is 1.92. The van der Waals surface area contributed by atoms with Crippen molar-refractivity contribution >= 4 is 5.84 Å². The van der Waals surface area contributed by atoms with E-state index >= 15 is 0 Å². The Kier molecular flexibility index (Phi) is 1.39. The van der Waals surface area contributed by atoms with Gasteiger partial charge in [0.05, 0.1) is 6.54 Å². The van der Waals surface area contributed by atoms with Gasteiger partial charge in [-0.05, 0) is 5.56 Å². The number of hydrogen-bond acceptors (Lipinski definition) is 2. The molecular formula is C9H10N2. The molecule has 56 valence electrons. The molecule has 1 aromatic rings. The monoisotopic (exact) mass is 146 g/mol. The maximum atomic E-state index is 4.33. The van der Waals surface area contributed by atoms with Gasteiger partial charge in [0.2, 0.25) is 0 Å². The molecule has 11 heavy (non-hydrogen) atoms. The summed E-state index contributed by atoms with van der Waals surface area (Å²) in [4.78, 5) is 4.33. The van der Waals surface area contributed by atoms with Crippen molar-refractivity contribution in [2.45, 2.75) is 6.54 Å². The third kappa shape index (κ3) is 0.909. The molecule has 0 saturated carbocycles. The Labute approximate surface area is 66.0 Å². The van der Waals surface area contributed by atoms with Crippen molar-refractivity contribution in [1.82, 2.24) is 5.32 Å². The third-order valence-electron chi connectivity index (χ3n) is 1.92. The van der Waals surface area contributed by atoms with Crippen LogP contribution in [0.15, 0.2) is 29.3 Å². The Bertz CT molecular complexity index is 302. The lowest BCUT2D eigenvalue weighted by molar-refractivity contribution is 1.08. The first-order valence-electron chi connectivity index (χ1n) is 3.72. The lowest BCUT2D eigenvalue weighted by Crippen LogP contribution is -2.17. The van der Waals surface area contributed by atoms with Gasteiger partial charge < -0.3 is 5.32 Å². The molecule has 0 radical (unpaired) electrons. The molecule has 0 aliphatic carbocycles. The van der Waals surface area contributed by atoms with Gasteiger partial charge in [0, 0.05) is 12.6 Å². The van der Waals surface area contributed by atoms with Crippen LogP contribution in [0.25, 0.3) is 0 Å². The topological polar surface area (TPSA) is 24.4 Å². The molecule has 1 N–H and O–H groups in total. The Morgan fingerprint density at radius 3 is 3.00 bits per heavy atom. The second-order valence-corrected chi connectivity index (χ2v) is 2.57. The largest absolute Gasteiger partial charge is 0.373 e. The van der Waals surface area contributed by atoms with Crippen molar-refractivity contribution in [3.8, 4) is 0 Å². The molecule has 0 fully saturated rings. The van der Waals surface area contributed by atoms with Crippen molar-refractivity contribution in [2.24, 2.45) is 4.99 Å². The Morgan fingerprint density at radius 1 is 1.36 bits per heavy atom. The van der Waals surface area contributed by atoms with Gasteiger partial charge in [-0.2, -0.15) is 0 Å². The average Bonchev–Trinajstić information content (AvgIpc) is 2.47. The maximum Gasteiger partial charge on any atom is 0.128 e. The van der Waals surface area contributed by atoms with Crippen LogP contribution in [0.2, 0.25) is 0 Å². The molecule has 0 aromatic heterocycles. The lowest BCUT2D eigenvalue weighted by Gasteiger charge is -2.00.